The normalized spacial score (nSPS) is 22.3. The Morgan fingerprint density at radius 1 is 1.50 bits per heavy atom. The Labute approximate surface area is 110 Å². The van der Waals surface area contributed by atoms with Crippen LogP contribution in [0.25, 0.3) is 0 Å². The standard InChI is InChI=1S/C15H24N2O/c1-3-13(18-4-2)14(16)12-9-5-7-11-8-6-10-17-15(11)12/h6,8,10,12-14H,3-5,7,9,16H2,1-2H3. The summed E-state index contributed by atoms with van der Waals surface area (Å²) < 4.78 is 5.77. The Balaban J connectivity index is 2.18. The largest absolute Gasteiger partial charge is 0.377 e. The molecule has 0 aliphatic heterocycles. The highest BCUT2D eigenvalue weighted by atomic mass is 16.5. The highest BCUT2D eigenvalue weighted by molar-refractivity contribution is 5.27. The molecule has 2 rings (SSSR count). The molecule has 0 bridgehead atoms. The van der Waals surface area contributed by atoms with Crippen LogP contribution < -0.4 is 5.73 Å². The second-order valence-electron chi connectivity index (χ2n) is 5.03. The van der Waals surface area contributed by atoms with E-state index < -0.39 is 0 Å². The van der Waals surface area contributed by atoms with E-state index in [-0.39, 0.29) is 12.1 Å². The summed E-state index contributed by atoms with van der Waals surface area (Å²) in [6, 6.07) is 4.26. The van der Waals surface area contributed by atoms with Crippen LogP contribution >= 0.6 is 0 Å². The molecule has 3 heteroatoms. The van der Waals surface area contributed by atoms with E-state index >= 15 is 0 Å². The monoisotopic (exact) mass is 248 g/mol. The maximum absolute atomic E-state index is 6.44. The van der Waals surface area contributed by atoms with Crippen molar-refractivity contribution in [2.45, 2.75) is 57.6 Å². The summed E-state index contributed by atoms with van der Waals surface area (Å²) in [7, 11) is 0. The van der Waals surface area contributed by atoms with Crippen molar-refractivity contribution in [1.82, 2.24) is 4.98 Å². The van der Waals surface area contributed by atoms with Crippen molar-refractivity contribution in [2.75, 3.05) is 6.61 Å². The number of nitrogens with zero attached hydrogens (tertiary/aromatic N) is 1. The molecule has 1 aromatic heterocycles. The van der Waals surface area contributed by atoms with Crippen LogP contribution in [0, 0.1) is 0 Å². The number of aryl methyl sites for hydroxylation is 1. The van der Waals surface area contributed by atoms with Gasteiger partial charge in [0.1, 0.15) is 0 Å². The topological polar surface area (TPSA) is 48.1 Å². The third-order valence-corrected chi connectivity index (χ3v) is 3.92. The summed E-state index contributed by atoms with van der Waals surface area (Å²) in [5, 5.41) is 0. The predicted octanol–water partition coefficient (Wildman–Crippen LogP) is 2.64. The van der Waals surface area contributed by atoms with Crippen LogP contribution in [0.2, 0.25) is 0 Å². The lowest BCUT2D eigenvalue weighted by atomic mass is 9.80. The van der Waals surface area contributed by atoms with Crippen molar-refractivity contribution in [2.24, 2.45) is 5.73 Å². The van der Waals surface area contributed by atoms with Crippen molar-refractivity contribution in [3.8, 4) is 0 Å². The maximum Gasteiger partial charge on any atom is 0.0729 e. The van der Waals surface area contributed by atoms with Gasteiger partial charge in [0.15, 0.2) is 0 Å². The number of pyridine rings is 1. The van der Waals surface area contributed by atoms with Gasteiger partial charge >= 0.3 is 0 Å². The molecule has 0 spiro atoms. The summed E-state index contributed by atoms with van der Waals surface area (Å²) in [5.74, 6) is 0.353. The first-order valence-electron chi connectivity index (χ1n) is 7.08. The molecule has 3 atom stereocenters. The molecular weight excluding hydrogens is 224 g/mol. The van der Waals surface area contributed by atoms with Crippen LogP contribution in [0.5, 0.6) is 0 Å². The fourth-order valence-electron chi connectivity index (χ4n) is 2.99. The lowest BCUT2D eigenvalue weighted by molar-refractivity contribution is 0.0331. The van der Waals surface area contributed by atoms with E-state index in [1.807, 2.05) is 19.2 Å². The van der Waals surface area contributed by atoms with Gasteiger partial charge in [-0.25, -0.2) is 0 Å². The molecule has 3 nitrogen and oxygen atoms in total. The van der Waals surface area contributed by atoms with Crippen LogP contribution in [0.3, 0.4) is 0 Å². The highest BCUT2D eigenvalue weighted by Gasteiger charge is 2.31. The van der Waals surface area contributed by atoms with Gasteiger partial charge in [0.05, 0.1) is 6.10 Å². The molecule has 1 aliphatic rings. The van der Waals surface area contributed by atoms with E-state index in [1.165, 1.54) is 17.7 Å². The molecule has 0 amide bonds. The minimum atomic E-state index is 0.0592. The number of rotatable bonds is 5. The number of fused-ring (bicyclic) bond motifs is 1. The molecule has 1 heterocycles. The van der Waals surface area contributed by atoms with Gasteiger partial charge in [-0.3, -0.25) is 4.98 Å². The average molecular weight is 248 g/mol. The Hall–Kier alpha value is -0.930. The van der Waals surface area contributed by atoms with Crippen molar-refractivity contribution >= 4 is 0 Å². The Morgan fingerprint density at radius 3 is 3.06 bits per heavy atom. The highest BCUT2D eigenvalue weighted by Crippen LogP contribution is 2.33. The van der Waals surface area contributed by atoms with Crippen LogP contribution in [0.15, 0.2) is 18.3 Å². The van der Waals surface area contributed by atoms with Gasteiger partial charge in [0.2, 0.25) is 0 Å². The number of hydrogen-bond acceptors (Lipinski definition) is 3. The Kier molecular flexibility index (Phi) is 4.72. The zero-order valence-corrected chi connectivity index (χ0v) is 11.4. The van der Waals surface area contributed by atoms with Crippen LogP contribution in [-0.2, 0) is 11.2 Å². The lowest BCUT2D eigenvalue weighted by Crippen LogP contribution is -2.43. The smallest absolute Gasteiger partial charge is 0.0729 e. The first kappa shape index (κ1) is 13.5. The van der Waals surface area contributed by atoms with E-state index in [2.05, 4.69) is 18.0 Å². The van der Waals surface area contributed by atoms with Crippen LogP contribution in [-0.4, -0.2) is 23.7 Å². The van der Waals surface area contributed by atoms with E-state index in [1.54, 1.807) is 0 Å². The summed E-state index contributed by atoms with van der Waals surface area (Å²) in [5.41, 5.74) is 9.01. The van der Waals surface area contributed by atoms with Crippen molar-refractivity contribution in [3.05, 3.63) is 29.6 Å². The van der Waals surface area contributed by atoms with Gasteiger partial charge in [-0.15, -0.1) is 0 Å². The van der Waals surface area contributed by atoms with Crippen molar-refractivity contribution < 1.29 is 4.74 Å². The summed E-state index contributed by atoms with van der Waals surface area (Å²) >= 11 is 0. The molecule has 0 saturated carbocycles. The van der Waals surface area contributed by atoms with Crippen molar-refractivity contribution in [3.63, 3.8) is 0 Å². The van der Waals surface area contributed by atoms with Crippen LogP contribution in [0.1, 0.15) is 50.3 Å². The first-order chi connectivity index (χ1) is 8.77. The van der Waals surface area contributed by atoms with Gasteiger partial charge in [0, 0.05) is 30.5 Å². The SMILES string of the molecule is CCOC(CC)C(N)C1CCCc2cccnc21. The summed E-state index contributed by atoms with van der Waals surface area (Å²) in [4.78, 5) is 4.56. The van der Waals surface area contributed by atoms with Crippen LogP contribution in [0.4, 0.5) is 0 Å². The Morgan fingerprint density at radius 2 is 2.33 bits per heavy atom. The number of aromatic nitrogens is 1. The summed E-state index contributed by atoms with van der Waals surface area (Å²) in [6.45, 7) is 4.90. The summed E-state index contributed by atoms with van der Waals surface area (Å²) in [6.07, 6.45) is 6.47. The average Bonchev–Trinajstić information content (AvgIpc) is 2.43. The Bertz CT molecular complexity index is 381. The molecule has 0 radical (unpaired) electrons. The van der Waals surface area contributed by atoms with Gasteiger partial charge in [-0.2, -0.15) is 0 Å². The predicted molar refractivity (Wildman–Crippen MR) is 73.6 cm³/mol. The molecule has 2 N–H and O–H groups in total. The van der Waals surface area contributed by atoms with E-state index in [0.29, 0.717) is 5.92 Å². The zero-order valence-electron chi connectivity index (χ0n) is 11.4. The molecule has 18 heavy (non-hydrogen) atoms. The second-order valence-corrected chi connectivity index (χ2v) is 5.03. The van der Waals surface area contributed by atoms with E-state index in [9.17, 15) is 0 Å². The van der Waals surface area contributed by atoms with Gasteiger partial charge in [-0.1, -0.05) is 13.0 Å². The molecule has 3 unspecified atom stereocenters. The minimum Gasteiger partial charge on any atom is -0.377 e. The molecule has 0 fully saturated rings. The zero-order chi connectivity index (χ0) is 13.0. The lowest BCUT2D eigenvalue weighted by Gasteiger charge is -2.33. The van der Waals surface area contributed by atoms with E-state index in [4.69, 9.17) is 10.5 Å². The number of hydrogen-bond donors (Lipinski definition) is 1. The molecule has 100 valence electrons. The number of ether oxygens (including phenoxy) is 1. The molecular formula is C15H24N2O. The van der Waals surface area contributed by atoms with Gasteiger partial charge < -0.3 is 10.5 Å². The first-order valence-corrected chi connectivity index (χ1v) is 7.08. The molecule has 1 aromatic rings. The molecule has 1 aliphatic carbocycles. The van der Waals surface area contributed by atoms with Gasteiger partial charge in [-0.05, 0) is 44.2 Å². The third kappa shape index (κ3) is 2.73. The number of nitrogens with two attached hydrogens (primary N) is 1. The quantitative estimate of drug-likeness (QED) is 0.871. The molecule has 0 saturated heterocycles. The van der Waals surface area contributed by atoms with Gasteiger partial charge in [0.25, 0.3) is 0 Å². The maximum atomic E-state index is 6.44. The third-order valence-electron chi connectivity index (χ3n) is 3.92. The van der Waals surface area contributed by atoms with Crippen molar-refractivity contribution in [1.29, 1.82) is 0 Å². The fraction of sp³-hybridized carbons (Fsp3) is 0.667. The minimum absolute atomic E-state index is 0.0592. The second kappa shape index (κ2) is 6.30. The fourth-order valence-corrected chi connectivity index (χ4v) is 2.99. The molecule has 0 aromatic carbocycles. The van der Waals surface area contributed by atoms with E-state index in [0.717, 1.165) is 25.9 Å².